The number of nitrogens with two attached hydrogens (primary N) is 1. The van der Waals surface area contributed by atoms with Crippen molar-refractivity contribution >= 4 is 5.84 Å². The molecule has 0 aromatic heterocycles. The molecule has 2 fully saturated rings. The van der Waals surface area contributed by atoms with E-state index in [0.29, 0.717) is 12.5 Å². The number of rotatable bonds is 3. The quantitative estimate of drug-likeness (QED) is 0.263. The van der Waals surface area contributed by atoms with Crippen LogP contribution < -0.4 is 5.73 Å². The predicted octanol–water partition coefficient (Wildman–Crippen LogP) is -0.173. The third-order valence-electron chi connectivity index (χ3n) is 3.94. The Kier molecular flexibility index (Phi) is 2.84. The van der Waals surface area contributed by atoms with Gasteiger partial charge in [-0.1, -0.05) is 11.6 Å². The van der Waals surface area contributed by atoms with Gasteiger partial charge in [-0.25, -0.2) is 0 Å². The Morgan fingerprint density at radius 1 is 1.60 bits per heavy atom. The first-order valence-corrected chi connectivity index (χ1v) is 5.50. The van der Waals surface area contributed by atoms with Gasteiger partial charge in [-0.05, 0) is 18.8 Å². The van der Waals surface area contributed by atoms with Crippen molar-refractivity contribution in [2.24, 2.45) is 22.2 Å². The number of fused-ring (bicyclic) bond motifs is 1. The summed E-state index contributed by atoms with van der Waals surface area (Å²) < 4.78 is 0. The lowest BCUT2D eigenvalue weighted by atomic mass is 9.82. The van der Waals surface area contributed by atoms with Crippen LogP contribution in [0.15, 0.2) is 5.16 Å². The summed E-state index contributed by atoms with van der Waals surface area (Å²) in [7, 11) is 0. The predicted molar refractivity (Wildman–Crippen MR) is 56.7 cm³/mol. The molecule has 1 aliphatic carbocycles. The third-order valence-corrected chi connectivity index (χ3v) is 3.94. The van der Waals surface area contributed by atoms with Crippen LogP contribution in [0.5, 0.6) is 0 Å². The fourth-order valence-corrected chi connectivity index (χ4v) is 3.16. The van der Waals surface area contributed by atoms with E-state index < -0.39 is 0 Å². The Morgan fingerprint density at radius 2 is 2.40 bits per heavy atom. The average molecular weight is 213 g/mol. The fraction of sp³-hybridized carbons (Fsp3) is 0.900. The molecule has 15 heavy (non-hydrogen) atoms. The van der Waals surface area contributed by atoms with Crippen molar-refractivity contribution in [1.29, 1.82) is 0 Å². The highest BCUT2D eigenvalue weighted by Crippen LogP contribution is 2.48. The van der Waals surface area contributed by atoms with Crippen LogP contribution >= 0.6 is 0 Å². The van der Waals surface area contributed by atoms with Gasteiger partial charge in [0, 0.05) is 18.5 Å². The Hall–Kier alpha value is -0.810. The van der Waals surface area contributed by atoms with Crippen LogP contribution in [0.3, 0.4) is 0 Å². The number of hydrogen-bond acceptors (Lipinski definition) is 4. The molecule has 1 aliphatic heterocycles. The van der Waals surface area contributed by atoms with Gasteiger partial charge in [0.1, 0.15) is 0 Å². The molecule has 4 N–H and O–H groups in total. The Morgan fingerprint density at radius 3 is 3.00 bits per heavy atom. The summed E-state index contributed by atoms with van der Waals surface area (Å²) in [4.78, 5) is 2.18. The van der Waals surface area contributed by atoms with Crippen LogP contribution in [0, 0.1) is 11.3 Å². The number of hydrogen-bond donors (Lipinski definition) is 3. The van der Waals surface area contributed by atoms with Crippen LogP contribution in [-0.2, 0) is 0 Å². The molecular formula is C10H19N3O2. The van der Waals surface area contributed by atoms with E-state index in [1.807, 2.05) is 0 Å². The summed E-state index contributed by atoms with van der Waals surface area (Å²) in [5.41, 5.74) is 5.58. The molecule has 5 heteroatoms. The normalized spacial score (nSPS) is 37.1. The lowest BCUT2D eigenvalue weighted by Crippen LogP contribution is -2.35. The van der Waals surface area contributed by atoms with Gasteiger partial charge in [0.2, 0.25) is 0 Å². The van der Waals surface area contributed by atoms with Crippen LogP contribution in [-0.4, -0.2) is 47.3 Å². The smallest absolute Gasteiger partial charge is 0.153 e. The molecule has 2 aliphatic rings. The van der Waals surface area contributed by atoms with Gasteiger partial charge >= 0.3 is 0 Å². The zero-order chi connectivity index (χ0) is 10.9. The van der Waals surface area contributed by atoms with E-state index >= 15 is 0 Å². The fourth-order valence-electron chi connectivity index (χ4n) is 3.16. The Bertz CT molecular complexity index is 269. The molecule has 0 spiro atoms. The standard InChI is InChI=1S/C10H19N3O2/c11-9(12-15)5-13-4-8-2-1-3-10(8,6-13)7-14/h8,14-15H,1-7H2,(H2,11,12)/t8-,10-/m0/s1. The molecule has 0 aromatic carbocycles. The van der Waals surface area contributed by atoms with Gasteiger partial charge < -0.3 is 16.0 Å². The second-order valence-corrected chi connectivity index (χ2v) is 4.87. The van der Waals surface area contributed by atoms with Gasteiger partial charge in [-0.2, -0.15) is 0 Å². The molecule has 2 rings (SSSR count). The molecule has 1 saturated carbocycles. The molecule has 2 atom stereocenters. The summed E-state index contributed by atoms with van der Waals surface area (Å²) in [5, 5.41) is 21.0. The van der Waals surface area contributed by atoms with Crippen molar-refractivity contribution in [2.75, 3.05) is 26.2 Å². The maximum Gasteiger partial charge on any atom is 0.153 e. The van der Waals surface area contributed by atoms with Crippen molar-refractivity contribution in [3.8, 4) is 0 Å². The SMILES string of the molecule is NC(CN1C[C@@H]2CCC[C@@]2(CO)C1)=NO. The summed E-state index contributed by atoms with van der Waals surface area (Å²) in [6.45, 7) is 2.63. The first-order chi connectivity index (χ1) is 7.20. The molecule has 0 aromatic rings. The molecule has 1 heterocycles. The van der Waals surface area contributed by atoms with Crippen molar-refractivity contribution in [2.45, 2.75) is 19.3 Å². The van der Waals surface area contributed by atoms with E-state index in [9.17, 15) is 5.11 Å². The maximum absolute atomic E-state index is 9.50. The second kappa shape index (κ2) is 3.98. The van der Waals surface area contributed by atoms with Crippen LogP contribution in [0.4, 0.5) is 0 Å². The van der Waals surface area contributed by atoms with Gasteiger partial charge in [0.25, 0.3) is 0 Å². The number of aliphatic hydroxyl groups is 1. The van der Waals surface area contributed by atoms with E-state index in [0.717, 1.165) is 19.5 Å². The van der Waals surface area contributed by atoms with Crippen molar-refractivity contribution in [1.82, 2.24) is 4.90 Å². The zero-order valence-electron chi connectivity index (χ0n) is 8.89. The Balaban J connectivity index is 1.99. The lowest BCUT2D eigenvalue weighted by Gasteiger charge is -2.26. The van der Waals surface area contributed by atoms with E-state index in [4.69, 9.17) is 10.9 Å². The number of amidine groups is 1. The molecular weight excluding hydrogens is 194 g/mol. The summed E-state index contributed by atoms with van der Waals surface area (Å²) in [6, 6.07) is 0. The van der Waals surface area contributed by atoms with Gasteiger partial charge in [0.05, 0.1) is 13.2 Å². The molecule has 5 nitrogen and oxygen atoms in total. The van der Waals surface area contributed by atoms with Gasteiger partial charge in [0.15, 0.2) is 5.84 Å². The minimum absolute atomic E-state index is 0.0930. The number of oxime groups is 1. The summed E-state index contributed by atoms with van der Waals surface area (Å²) in [6.07, 6.45) is 3.54. The average Bonchev–Trinajstić information content (AvgIpc) is 2.74. The van der Waals surface area contributed by atoms with Crippen molar-refractivity contribution in [3.63, 3.8) is 0 Å². The van der Waals surface area contributed by atoms with Crippen molar-refractivity contribution in [3.05, 3.63) is 0 Å². The highest BCUT2D eigenvalue weighted by Gasteiger charge is 2.48. The molecule has 1 saturated heterocycles. The second-order valence-electron chi connectivity index (χ2n) is 4.87. The molecule has 0 amide bonds. The molecule has 0 unspecified atom stereocenters. The highest BCUT2D eigenvalue weighted by molar-refractivity contribution is 5.81. The minimum atomic E-state index is 0.0930. The largest absolute Gasteiger partial charge is 0.409 e. The maximum atomic E-state index is 9.50. The zero-order valence-corrected chi connectivity index (χ0v) is 8.89. The van der Waals surface area contributed by atoms with E-state index in [1.165, 1.54) is 12.8 Å². The molecule has 0 radical (unpaired) electrons. The topological polar surface area (TPSA) is 82.1 Å². The summed E-state index contributed by atoms with van der Waals surface area (Å²) >= 11 is 0. The van der Waals surface area contributed by atoms with E-state index in [2.05, 4.69) is 10.1 Å². The number of likely N-dealkylation sites (tertiary alicyclic amines) is 1. The van der Waals surface area contributed by atoms with Crippen LogP contribution in [0.2, 0.25) is 0 Å². The lowest BCUT2D eigenvalue weighted by molar-refractivity contribution is 0.113. The Labute approximate surface area is 89.5 Å². The van der Waals surface area contributed by atoms with Gasteiger partial charge in [-0.15, -0.1) is 0 Å². The summed E-state index contributed by atoms with van der Waals surface area (Å²) in [5.74, 6) is 0.844. The van der Waals surface area contributed by atoms with Crippen LogP contribution in [0.25, 0.3) is 0 Å². The number of aliphatic hydroxyl groups excluding tert-OH is 1. The first-order valence-electron chi connectivity index (χ1n) is 5.50. The minimum Gasteiger partial charge on any atom is -0.409 e. The first kappa shape index (κ1) is 10.7. The van der Waals surface area contributed by atoms with E-state index in [-0.39, 0.29) is 17.9 Å². The molecule has 86 valence electrons. The number of nitrogens with zero attached hydrogens (tertiary/aromatic N) is 2. The van der Waals surface area contributed by atoms with Crippen molar-refractivity contribution < 1.29 is 10.3 Å². The van der Waals surface area contributed by atoms with Gasteiger partial charge in [-0.3, -0.25) is 4.90 Å². The van der Waals surface area contributed by atoms with Crippen LogP contribution in [0.1, 0.15) is 19.3 Å². The third kappa shape index (κ3) is 1.81. The highest BCUT2D eigenvalue weighted by atomic mass is 16.4. The molecule has 0 bridgehead atoms. The monoisotopic (exact) mass is 213 g/mol. The van der Waals surface area contributed by atoms with E-state index in [1.54, 1.807) is 0 Å².